The van der Waals surface area contributed by atoms with E-state index in [0.29, 0.717) is 30.2 Å². The molecule has 6 heteroatoms. The number of aromatic carboxylic acids is 1. The minimum Gasteiger partial charge on any atom is -0.476 e. The van der Waals surface area contributed by atoms with Crippen LogP contribution in [0.3, 0.4) is 0 Å². The third-order valence-corrected chi connectivity index (χ3v) is 3.16. The number of carboxylic acids is 1. The number of benzene rings is 1. The second kappa shape index (κ2) is 4.47. The first-order chi connectivity index (χ1) is 9.16. The van der Waals surface area contributed by atoms with Crippen molar-refractivity contribution in [3.05, 3.63) is 41.5 Å². The van der Waals surface area contributed by atoms with Gasteiger partial charge in [-0.3, -0.25) is 0 Å². The lowest BCUT2D eigenvalue weighted by Gasteiger charge is -2.18. The average Bonchev–Trinajstić information content (AvgIpc) is 2.78. The molecule has 0 saturated heterocycles. The smallest absolute Gasteiger partial charge is 0.356 e. The molecular formula is C13H12FN3O2. The molecule has 0 fully saturated rings. The Morgan fingerprint density at radius 1 is 1.47 bits per heavy atom. The van der Waals surface area contributed by atoms with Crippen molar-refractivity contribution in [3.63, 3.8) is 0 Å². The molecule has 1 aromatic carbocycles. The van der Waals surface area contributed by atoms with Gasteiger partial charge in [0.2, 0.25) is 0 Å². The molecule has 0 bridgehead atoms. The van der Waals surface area contributed by atoms with E-state index in [1.807, 2.05) is 4.57 Å². The van der Waals surface area contributed by atoms with Gasteiger partial charge < -0.3 is 15.0 Å². The molecule has 98 valence electrons. The molecule has 1 aromatic heterocycles. The van der Waals surface area contributed by atoms with Crippen LogP contribution < -0.4 is 5.32 Å². The first-order valence-corrected chi connectivity index (χ1v) is 5.96. The van der Waals surface area contributed by atoms with Crippen LogP contribution in [-0.2, 0) is 13.1 Å². The largest absolute Gasteiger partial charge is 0.476 e. The maximum Gasteiger partial charge on any atom is 0.356 e. The van der Waals surface area contributed by atoms with Gasteiger partial charge in [-0.1, -0.05) is 12.1 Å². The molecule has 19 heavy (non-hydrogen) atoms. The second-order valence-electron chi connectivity index (χ2n) is 4.37. The predicted molar refractivity (Wildman–Crippen MR) is 66.3 cm³/mol. The lowest BCUT2D eigenvalue weighted by molar-refractivity contribution is 0.0689. The summed E-state index contributed by atoms with van der Waals surface area (Å²) in [7, 11) is 0. The predicted octanol–water partition coefficient (Wildman–Crippen LogP) is 1.49. The Balaban J connectivity index is 2.19. The highest BCUT2D eigenvalue weighted by atomic mass is 19.1. The number of rotatable bonds is 2. The van der Waals surface area contributed by atoms with E-state index in [2.05, 4.69) is 10.3 Å². The van der Waals surface area contributed by atoms with Crippen LogP contribution in [0.2, 0.25) is 0 Å². The summed E-state index contributed by atoms with van der Waals surface area (Å²) in [4.78, 5) is 15.4. The highest BCUT2D eigenvalue weighted by molar-refractivity contribution is 5.88. The average molecular weight is 261 g/mol. The molecule has 1 aliphatic heterocycles. The molecule has 5 nitrogen and oxygen atoms in total. The van der Waals surface area contributed by atoms with Crippen LogP contribution in [0, 0.1) is 5.82 Å². The van der Waals surface area contributed by atoms with Gasteiger partial charge in [0.05, 0.1) is 5.69 Å². The van der Waals surface area contributed by atoms with Crippen LogP contribution in [0.1, 0.15) is 16.2 Å². The fourth-order valence-corrected chi connectivity index (χ4v) is 2.32. The molecule has 3 rings (SSSR count). The van der Waals surface area contributed by atoms with Crippen molar-refractivity contribution < 1.29 is 14.3 Å². The maximum absolute atomic E-state index is 13.3. The monoisotopic (exact) mass is 261 g/mol. The first kappa shape index (κ1) is 11.9. The number of nitrogens with one attached hydrogen (secondary N) is 1. The molecule has 0 amide bonds. The van der Waals surface area contributed by atoms with Gasteiger partial charge in [0.15, 0.2) is 5.69 Å². The summed E-state index contributed by atoms with van der Waals surface area (Å²) in [5, 5.41) is 12.3. The Kier molecular flexibility index (Phi) is 2.79. The Hall–Kier alpha value is -2.21. The van der Waals surface area contributed by atoms with E-state index in [9.17, 15) is 14.3 Å². The number of nitrogens with zero attached hydrogens (tertiary/aromatic N) is 2. The van der Waals surface area contributed by atoms with E-state index in [1.54, 1.807) is 12.1 Å². The Labute approximate surface area is 108 Å². The molecule has 0 spiro atoms. The zero-order chi connectivity index (χ0) is 13.4. The van der Waals surface area contributed by atoms with Gasteiger partial charge in [-0.15, -0.1) is 0 Å². The zero-order valence-corrected chi connectivity index (χ0v) is 10.1. The summed E-state index contributed by atoms with van der Waals surface area (Å²) in [6, 6.07) is 6.03. The number of carbonyl (C=O) groups is 1. The summed E-state index contributed by atoms with van der Waals surface area (Å²) in [5.41, 5.74) is 1.26. The van der Waals surface area contributed by atoms with Crippen LogP contribution in [-0.4, -0.2) is 27.2 Å². The van der Waals surface area contributed by atoms with Crippen molar-refractivity contribution in [1.82, 2.24) is 14.9 Å². The lowest BCUT2D eigenvalue weighted by atomic mass is 10.2. The number of hydrogen-bond donors (Lipinski definition) is 2. The number of aromatic nitrogens is 2. The first-order valence-electron chi connectivity index (χ1n) is 5.96. The third kappa shape index (κ3) is 2.00. The minimum absolute atomic E-state index is 0.0338. The lowest BCUT2D eigenvalue weighted by Crippen LogP contribution is -2.29. The molecule has 0 unspecified atom stereocenters. The van der Waals surface area contributed by atoms with Crippen LogP contribution in [0.5, 0.6) is 0 Å². The highest BCUT2D eigenvalue weighted by Gasteiger charge is 2.24. The van der Waals surface area contributed by atoms with E-state index in [0.717, 1.165) is 6.54 Å². The summed E-state index contributed by atoms with van der Waals surface area (Å²) in [5.74, 6) is -0.913. The van der Waals surface area contributed by atoms with E-state index < -0.39 is 5.97 Å². The third-order valence-electron chi connectivity index (χ3n) is 3.16. The quantitative estimate of drug-likeness (QED) is 0.859. The molecule has 2 aromatic rings. The number of hydrogen-bond acceptors (Lipinski definition) is 3. The Bertz CT molecular complexity index is 651. The van der Waals surface area contributed by atoms with Crippen molar-refractivity contribution in [2.45, 2.75) is 13.1 Å². The van der Waals surface area contributed by atoms with E-state index in [4.69, 9.17) is 0 Å². The van der Waals surface area contributed by atoms with Crippen molar-refractivity contribution >= 4 is 5.97 Å². The van der Waals surface area contributed by atoms with E-state index in [1.165, 1.54) is 12.1 Å². The Morgan fingerprint density at radius 2 is 2.32 bits per heavy atom. The van der Waals surface area contributed by atoms with Crippen molar-refractivity contribution in [2.75, 3.05) is 6.54 Å². The fraction of sp³-hybridized carbons (Fsp3) is 0.231. The molecule has 0 saturated carbocycles. The molecule has 1 aliphatic rings. The van der Waals surface area contributed by atoms with Crippen LogP contribution in [0.25, 0.3) is 11.4 Å². The fourth-order valence-electron chi connectivity index (χ4n) is 2.32. The second-order valence-corrected chi connectivity index (χ2v) is 4.37. The SMILES string of the molecule is O=C(O)c1nc(-c2cccc(F)c2)n2c1CNCC2. The van der Waals surface area contributed by atoms with Crippen molar-refractivity contribution in [3.8, 4) is 11.4 Å². The molecule has 0 atom stereocenters. The van der Waals surface area contributed by atoms with Crippen LogP contribution in [0.4, 0.5) is 4.39 Å². The van der Waals surface area contributed by atoms with Gasteiger partial charge in [0.1, 0.15) is 11.6 Å². The summed E-state index contributed by atoms with van der Waals surface area (Å²) >= 11 is 0. The van der Waals surface area contributed by atoms with Gasteiger partial charge in [0.25, 0.3) is 0 Å². The normalized spacial score (nSPS) is 14.2. The van der Waals surface area contributed by atoms with Gasteiger partial charge >= 0.3 is 5.97 Å². The van der Waals surface area contributed by atoms with Crippen LogP contribution in [0.15, 0.2) is 24.3 Å². The minimum atomic E-state index is -1.06. The van der Waals surface area contributed by atoms with Crippen molar-refractivity contribution in [2.24, 2.45) is 0 Å². The van der Waals surface area contributed by atoms with Gasteiger partial charge in [-0.2, -0.15) is 0 Å². The summed E-state index contributed by atoms with van der Waals surface area (Å²) in [6.45, 7) is 1.83. The molecule has 0 aliphatic carbocycles. The molecular weight excluding hydrogens is 249 g/mol. The van der Waals surface area contributed by atoms with Gasteiger partial charge in [-0.25, -0.2) is 14.2 Å². The number of carboxylic acid groups (broad SMARTS) is 1. The van der Waals surface area contributed by atoms with Crippen molar-refractivity contribution in [1.29, 1.82) is 0 Å². The maximum atomic E-state index is 13.3. The standard InChI is InChI=1S/C13H12FN3O2/c14-9-3-1-2-8(6-9)12-16-11(13(18)19)10-7-15-4-5-17(10)12/h1-3,6,15H,4-5,7H2,(H,18,19). The van der Waals surface area contributed by atoms with E-state index >= 15 is 0 Å². The number of halogens is 1. The molecule has 2 N–H and O–H groups in total. The number of imidazole rings is 1. The molecule has 2 heterocycles. The summed E-state index contributed by atoms with van der Waals surface area (Å²) < 4.78 is 15.1. The highest BCUT2D eigenvalue weighted by Crippen LogP contribution is 2.24. The molecule has 0 radical (unpaired) electrons. The summed E-state index contributed by atoms with van der Waals surface area (Å²) in [6.07, 6.45) is 0. The van der Waals surface area contributed by atoms with Gasteiger partial charge in [0, 0.05) is 25.2 Å². The van der Waals surface area contributed by atoms with Gasteiger partial charge in [-0.05, 0) is 12.1 Å². The van der Waals surface area contributed by atoms with E-state index in [-0.39, 0.29) is 11.5 Å². The van der Waals surface area contributed by atoms with Crippen LogP contribution >= 0.6 is 0 Å². The Morgan fingerprint density at radius 3 is 3.05 bits per heavy atom. The zero-order valence-electron chi connectivity index (χ0n) is 10.1. The number of fused-ring (bicyclic) bond motifs is 1. The topological polar surface area (TPSA) is 67.1 Å².